The van der Waals surface area contributed by atoms with E-state index in [0.29, 0.717) is 0 Å². The minimum absolute atomic E-state index is 0.0401. The number of hydrogen-bond acceptors (Lipinski definition) is 2. The Bertz CT molecular complexity index is 443. The van der Waals surface area contributed by atoms with Crippen LogP contribution < -0.4 is 11.3 Å². The van der Waals surface area contributed by atoms with Crippen molar-refractivity contribution >= 4 is 0 Å². The number of H-pyrrole nitrogens is 1. The van der Waals surface area contributed by atoms with E-state index in [2.05, 4.69) is 32.7 Å². The highest BCUT2D eigenvalue weighted by molar-refractivity contribution is 5.22. The molecule has 108 valence electrons. The average Bonchev–Trinajstić information content (AvgIpc) is 2.30. The Morgan fingerprint density at radius 2 is 2.00 bits per heavy atom. The Morgan fingerprint density at radius 1 is 1.32 bits per heavy atom. The summed E-state index contributed by atoms with van der Waals surface area (Å²) in [4.78, 5) is 14.7. The van der Waals surface area contributed by atoms with Crippen LogP contribution in [0.5, 0.6) is 0 Å². The van der Waals surface area contributed by atoms with Gasteiger partial charge in [-0.2, -0.15) is 0 Å². The molecule has 0 aliphatic rings. The second-order valence-electron chi connectivity index (χ2n) is 6.63. The lowest BCUT2D eigenvalue weighted by Crippen LogP contribution is -2.23. The first-order valence-corrected chi connectivity index (χ1v) is 7.30. The molecule has 0 aliphatic carbocycles. The molecular weight excluding hydrogens is 236 g/mol. The molecular formula is C16H28N2O. The number of aromatic nitrogens is 1. The van der Waals surface area contributed by atoms with Crippen LogP contribution in [0, 0.1) is 5.41 Å². The van der Waals surface area contributed by atoms with Gasteiger partial charge in [-0.1, -0.05) is 47.0 Å². The van der Waals surface area contributed by atoms with Crippen molar-refractivity contribution in [3.63, 3.8) is 0 Å². The van der Waals surface area contributed by atoms with Crippen molar-refractivity contribution in [3.8, 4) is 0 Å². The van der Waals surface area contributed by atoms with Crippen molar-refractivity contribution in [2.24, 2.45) is 11.1 Å². The van der Waals surface area contributed by atoms with Gasteiger partial charge in [0.15, 0.2) is 0 Å². The fraction of sp³-hybridized carbons (Fsp3) is 0.688. The SMILES string of the molecule is CCCCCC(N)c1cc(CC(C)(C)C)c[nH]c1=O. The van der Waals surface area contributed by atoms with E-state index < -0.39 is 0 Å². The topological polar surface area (TPSA) is 58.9 Å². The third-order valence-corrected chi connectivity index (χ3v) is 3.24. The van der Waals surface area contributed by atoms with Gasteiger partial charge < -0.3 is 10.7 Å². The number of unbranched alkanes of at least 4 members (excludes halogenated alkanes) is 2. The van der Waals surface area contributed by atoms with Crippen molar-refractivity contribution in [2.45, 2.75) is 65.8 Å². The summed E-state index contributed by atoms with van der Waals surface area (Å²) in [7, 11) is 0. The third-order valence-electron chi connectivity index (χ3n) is 3.24. The molecule has 1 atom stereocenters. The molecule has 0 aromatic carbocycles. The molecule has 0 amide bonds. The molecule has 1 aromatic rings. The van der Waals surface area contributed by atoms with Crippen LogP contribution in [0.4, 0.5) is 0 Å². The van der Waals surface area contributed by atoms with Crippen molar-refractivity contribution in [1.82, 2.24) is 4.98 Å². The Hall–Kier alpha value is -1.09. The second-order valence-corrected chi connectivity index (χ2v) is 6.63. The van der Waals surface area contributed by atoms with Gasteiger partial charge in [0.1, 0.15) is 0 Å². The van der Waals surface area contributed by atoms with E-state index in [0.717, 1.165) is 30.4 Å². The summed E-state index contributed by atoms with van der Waals surface area (Å²) in [6.07, 6.45) is 7.07. The first kappa shape index (κ1) is 16.0. The molecule has 3 N–H and O–H groups in total. The molecule has 1 aromatic heterocycles. The summed E-state index contributed by atoms with van der Waals surface area (Å²) in [5, 5.41) is 0. The van der Waals surface area contributed by atoms with E-state index in [-0.39, 0.29) is 17.0 Å². The van der Waals surface area contributed by atoms with Crippen LogP contribution in [0.25, 0.3) is 0 Å². The summed E-state index contributed by atoms with van der Waals surface area (Å²) < 4.78 is 0. The largest absolute Gasteiger partial charge is 0.329 e. The fourth-order valence-electron chi connectivity index (χ4n) is 2.31. The Morgan fingerprint density at radius 3 is 2.58 bits per heavy atom. The molecule has 0 spiro atoms. The third kappa shape index (κ3) is 5.60. The van der Waals surface area contributed by atoms with Gasteiger partial charge in [0.25, 0.3) is 5.56 Å². The lowest BCUT2D eigenvalue weighted by molar-refractivity contribution is 0.410. The highest BCUT2D eigenvalue weighted by atomic mass is 16.1. The number of aromatic amines is 1. The van der Waals surface area contributed by atoms with Gasteiger partial charge in [-0.15, -0.1) is 0 Å². The molecule has 1 rings (SSSR count). The minimum Gasteiger partial charge on any atom is -0.329 e. The van der Waals surface area contributed by atoms with Gasteiger partial charge >= 0.3 is 0 Å². The standard InChI is InChI=1S/C16H28N2O/c1-5-6-7-8-14(17)13-9-12(10-16(2,3)4)11-18-15(13)19/h9,11,14H,5-8,10,17H2,1-4H3,(H,18,19). The van der Waals surface area contributed by atoms with Crippen LogP contribution in [0.2, 0.25) is 0 Å². The van der Waals surface area contributed by atoms with Gasteiger partial charge in [0.05, 0.1) is 0 Å². The van der Waals surface area contributed by atoms with Gasteiger partial charge in [-0.3, -0.25) is 4.79 Å². The maximum absolute atomic E-state index is 11.9. The molecule has 0 aliphatic heterocycles. The molecule has 0 bridgehead atoms. The van der Waals surface area contributed by atoms with Crippen LogP contribution in [-0.2, 0) is 6.42 Å². The molecule has 3 nitrogen and oxygen atoms in total. The molecule has 0 saturated heterocycles. The quantitative estimate of drug-likeness (QED) is 0.772. The molecule has 0 fully saturated rings. The van der Waals surface area contributed by atoms with Gasteiger partial charge in [0, 0.05) is 17.8 Å². The van der Waals surface area contributed by atoms with Crippen LogP contribution in [0.1, 0.15) is 70.5 Å². The lowest BCUT2D eigenvalue weighted by Gasteiger charge is -2.19. The lowest BCUT2D eigenvalue weighted by atomic mass is 9.88. The fourth-order valence-corrected chi connectivity index (χ4v) is 2.31. The smallest absolute Gasteiger partial charge is 0.252 e. The van der Waals surface area contributed by atoms with Gasteiger partial charge in [-0.05, 0) is 29.9 Å². The summed E-state index contributed by atoms with van der Waals surface area (Å²) in [5.41, 5.74) is 8.21. The summed E-state index contributed by atoms with van der Waals surface area (Å²) >= 11 is 0. The van der Waals surface area contributed by atoms with E-state index in [9.17, 15) is 4.79 Å². The van der Waals surface area contributed by atoms with Crippen LogP contribution >= 0.6 is 0 Å². The van der Waals surface area contributed by atoms with E-state index >= 15 is 0 Å². The number of nitrogens with two attached hydrogens (primary N) is 1. The Balaban J connectivity index is 2.82. The molecule has 0 radical (unpaired) electrons. The maximum Gasteiger partial charge on any atom is 0.252 e. The Kier molecular flexibility index (Phi) is 5.80. The summed E-state index contributed by atoms with van der Waals surface area (Å²) in [6, 6.07) is 1.84. The average molecular weight is 264 g/mol. The van der Waals surface area contributed by atoms with Crippen LogP contribution in [-0.4, -0.2) is 4.98 Å². The van der Waals surface area contributed by atoms with Crippen molar-refractivity contribution in [1.29, 1.82) is 0 Å². The Labute approximate surface area is 116 Å². The van der Waals surface area contributed by atoms with Crippen molar-refractivity contribution < 1.29 is 0 Å². The first-order chi connectivity index (χ1) is 8.83. The molecule has 19 heavy (non-hydrogen) atoms. The highest BCUT2D eigenvalue weighted by Crippen LogP contribution is 2.21. The van der Waals surface area contributed by atoms with Gasteiger partial charge in [-0.25, -0.2) is 0 Å². The van der Waals surface area contributed by atoms with E-state index in [1.54, 1.807) is 0 Å². The minimum atomic E-state index is -0.143. The van der Waals surface area contributed by atoms with Crippen LogP contribution in [0.15, 0.2) is 17.1 Å². The number of nitrogens with one attached hydrogen (secondary N) is 1. The molecule has 3 heteroatoms. The van der Waals surface area contributed by atoms with Crippen LogP contribution in [0.3, 0.4) is 0 Å². The van der Waals surface area contributed by atoms with E-state index in [4.69, 9.17) is 5.73 Å². The van der Waals surface area contributed by atoms with Gasteiger partial charge in [0.2, 0.25) is 0 Å². The molecule has 1 heterocycles. The summed E-state index contributed by atoms with van der Waals surface area (Å²) in [5.74, 6) is 0. The zero-order chi connectivity index (χ0) is 14.5. The predicted molar refractivity (Wildman–Crippen MR) is 81.3 cm³/mol. The summed E-state index contributed by atoms with van der Waals surface area (Å²) in [6.45, 7) is 8.75. The zero-order valence-electron chi connectivity index (χ0n) is 12.8. The molecule has 0 saturated carbocycles. The van der Waals surface area contributed by atoms with E-state index in [1.165, 1.54) is 12.8 Å². The zero-order valence-corrected chi connectivity index (χ0v) is 12.8. The molecule has 1 unspecified atom stereocenters. The number of pyridine rings is 1. The van der Waals surface area contributed by atoms with E-state index in [1.807, 2.05) is 12.3 Å². The first-order valence-electron chi connectivity index (χ1n) is 7.30. The van der Waals surface area contributed by atoms with Crippen molar-refractivity contribution in [2.75, 3.05) is 0 Å². The normalized spacial score (nSPS) is 13.5. The maximum atomic E-state index is 11.9. The number of hydrogen-bond donors (Lipinski definition) is 2. The second kappa shape index (κ2) is 6.90. The predicted octanol–water partition coefficient (Wildman–Crippen LogP) is 3.54. The number of rotatable bonds is 6. The van der Waals surface area contributed by atoms with Crippen molar-refractivity contribution in [3.05, 3.63) is 33.7 Å². The monoisotopic (exact) mass is 264 g/mol. The highest BCUT2D eigenvalue weighted by Gasteiger charge is 2.15.